The summed E-state index contributed by atoms with van der Waals surface area (Å²) in [6.45, 7) is 6.08. The van der Waals surface area contributed by atoms with Gasteiger partial charge in [0.25, 0.3) is 0 Å². The molecule has 1 rings (SSSR count). The van der Waals surface area contributed by atoms with Crippen LogP contribution < -0.4 is 0 Å². The molecule has 0 aliphatic heterocycles. The van der Waals surface area contributed by atoms with Crippen molar-refractivity contribution in [2.75, 3.05) is 0 Å². The Bertz CT molecular complexity index is 371. The molecule has 1 heterocycles. The molecular formula is C11H16N4. The highest BCUT2D eigenvalue weighted by Gasteiger charge is 1.97. The summed E-state index contributed by atoms with van der Waals surface area (Å²) in [7, 11) is 0. The Hall–Kier alpha value is -1.71. The van der Waals surface area contributed by atoms with E-state index in [1.54, 1.807) is 29.5 Å². The van der Waals surface area contributed by atoms with Gasteiger partial charge in [0.05, 0.1) is 24.3 Å². The fourth-order valence-corrected chi connectivity index (χ4v) is 1.01. The normalized spacial score (nSPS) is 13.8. The number of allylic oxidation sites excluding steroid dienone is 3. The van der Waals surface area contributed by atoms with Crippen molar-refractivity contribution in [1.82, 2.24) is 15.0 Å². The van der Waals surface area contributed by atoms with Gasteiger partial charge in [0.1, 0.15) is 0 Å². The van der Waals surface area contributed by atoms with Gasteiger partial charge in [0.2, 0.25) is 0 Å². The van der Waals surface area contributed by atoms with Crippen LogP contribution in [0.3, 0.4) is 0 Å². The van der Waals surface area contributed by atoms with Gasteiger partial charge in [-0.25, -0.2) is 4.68 Å². The van der Waals surface area contributed by atoms with Crippen LogP contribution in [0.15, 0.2) is 35.2 Å². The lowest BCUT2D eigenvalue weighted by Gasteiger charge is -2.01. The molecule has 0 fully saturated rings. The molecule has 0 aromatic carbocycles. The van der Waals surface area contributed by atoms with Crippen LogP contribution in [0, 0.1) is 0 Å². The highest BCUT2D eigenvalue weighted by molar-refractivity contribution is 5.61. The first-order chi connectivity index (χ1) is 7.27. The first-order valence-corrected chi connectivity index (χ1v) is 4.99. The molecule has 0 radical (unpaired) electrons. The molecule has 0 bridgehead atoms. The molecule has 4 heteroatoms. The van der Waals surface area contributed by atoms with E-state index in [0.717, 1.165) is 12.1 Å². The largest absolute Gasteiger partial charge is 0.267 e. The highest BCUT2D eigenvalue weighted by Crippen LogP contribution is 2.09. The second-order valence-electron chi connectivity index (χ2n) is 3.15. The van der Waals surface area contributed by atoms with Crippen LogP contribution in [0.5, 0.6) is 0 Å². The SMILES string of the molecule is CC=N/C=C(\C=C(/C)CC)n1ccnn1. The van der Waals surface area contributed by atoms with E-state index in [1.165, 1.54) is 5.57 Å². The quantitative estimate of drug-likeness (QED) is 0.558. The van der Waals surface area contributed by atoms with Gasteiger partial charge in [-0.1, -0.05) is 17.7 Å². The van der Waals surface area contributed by atoms with Gasteiger partial charge in [0.15, 0.2) is 0 Å². The van der Waals surface area contributed by atoms with Gasteiger partial charge in [-0.2, -0.15) is 0 Å². The molecule has 0 saturated carbocycles. The third-order valence-electron chi connectivity index (χ3n) is 1.99. The standard InChI is InChI=1S/C11H16N4/c1-4-10(3)8-11(9-12-5-2)15-7-6-13-14-15/h5-9H,4H2,1-3H3/b10-8+,11-9+,12-5?. The fourth-order valence-electron chi connectivity index (χ4n) is 1.01. The predicted molar refractivity (Wildman–Crippen MR) is 62.5 cm³/mol. The Kier molecular flexibility index (Phi) is 4.47. The smallest absolute Gasteiger partial charge is 0.0845 e. The third kappa shape index (κ3) is 3.50. The summed E-state index contributed by atoms with van der Waals surface area (Å²) in [6.07, 6.45) is 10.0. The lowest BCUT2D eigenvalue weighted by atomic mass is 10.2. The van der Waals surface area contributed by atoms with Crippen molar-refractivity contribution in [3.8, 4) is 0 Å². The Morgan fingerprint density at radius 2 is 2.33 bits per heavy atom. The Morgan fingerprint density at radius 3 is 2.87 bits per heavy atom. The van der Waals surface area contributed by atoms with Crippen molar-refractivity contribution in [1.29, 1.82) is 0 Å². The van der Waals surface area contributed by atoms with Crippen LogP contribution in [0.2, 0.25) is 0 Å². The van der Waals surface area contributed by atoms with Gasteiger partial charge in [-0.3, -0.25) is 4.99 Å². The minimum absolute atomic E-state index is 0.921. The van der Waals surface area contributed by atoms with Crippen LogP contribution in [-0.4, -0.2) is 21.2 Å². The van der Waals surface area contributed by atoms with E-state index in [4.69, 9.17) is 0 Å². The molecule has 0 spiro atoms. The lowest BCUT2D eigenvalue weighted by molar-refractivity contribution is 0.821. The van der Waals surface area contributed by atoms with E-state index in [-0.39, 0.29) is 0 Å². The molecular weight excluding hydrogens is 188 g/mol. The maximum atomic E-state index is 4.10. The van der Waals surface area contributed by atoms with Crippen LogP contribution in [-0.2, 0) is 0 Å². The third-order valence-corrected chi connectivity index (χ3v) is 1.99. The molecule has 1 aromatic heterocycles. The fraction of sp³-hybridized carbons (Fsp3) is 0.364. The number of aromatic nitrogens is 3. The molecule has 1 aromatic rings. The topological polar surface area (TPSA) is 43.1 Å². The Morgan fingerprint density at radius 1 is 1.53 bits per heavy atom. The monoisotopic (exact) mass is 204 g/mol. The molecule has 0 unspecified atom stereocenters. The first kappa shape index (κ1) is 11.4. The molecule has 4 nitrogen and oxygen atoms in total. The Balaban J connectivity index is 2.99. The highest BCUT2D eigenvalue weighted by atomic mass is 15.4. The van der Waals surface area contributed by atoms with Crippen LogP contribution in [0.1, 0.15) is 27.2 Å². The molecule has 0 atom stereocenters. The molecule has 0 aliphatic carbocycles. The minimum Gasteiger partial charge on any atom is -0.267 e. The summed E-state index contributed by atoms with van der Waals surface area (Å²) in [5, 5.41) is 7.71. The molecule has 15 heavy (non-hydrogen) atoms. The summed E-state index contributed by atoms with van der Waals surface area (Å²) in [6, 6.07) is 0. The lowest BCUT2D eigenvalue weighted by Crippen LogP contribution is -1.96. The molecule has 0 aliphatic rings. The van der Waals surface area contributed by atoms with Gasteiger partial charge < -0.3 is 0 Å². The zero-order valence-electron chi connectivity index (χ0n) is 9.38. The van der Waals surface area contributed by atoms with Crippen molar-refractivity contribution in [3.05, 3.63) is 30.2 Å². The van der Waals surface area contributed by atoms with Crippen LogP contribution >= 0.6 is 0 Å². The zero-order valence-corrected chi connectivity index (χ0v) is 9.38. The van der Waals surface area contributed by atoms with E-state index < -0.39 is 0 Å². The zero-order chi connectivity index (χ0) is 11.1. The van der Waals surface area contributed by atoms with Crippen LogP contribution in [0.4, 0.5) is 0 Å². The van der Waals surface area contributed by atoms with Crippen molar-refractivity contribution in [3.63, 3.8) is 0 Å². The average molecular weight is 204 g/mol. The molecule has 0 saturated heterocycles. The number of rotatable bonds is 4. The predicted octanol–water partition coefficient (Wildman–Crippen LogP) is 2.52. The number of hydrogen-bond donors (Lipinski definition) is 0. The second kappa shape index (κ2) is 5.90. The number of hydrogen-bond acceptors (Lipinski definition) is 3. The van der Waals surface area contributed by atoms with E-state index in [1.807, 2.05) is 6.92 Å². The van der Waals surface area contributed by atoms with Gasteiger partial charge in [-0.05, 0) is 26.3 Å². The van der Waals surface area contributed by atoms with E-state index >= 15 is 0 Å². The average Bonchev–Trinajstić information content (AvgIpc) is 2.77. The summed E-state index contributed by atoms with van der Waals surface area (Å²) < 4.78 is 1.70. The second-order valence-corrected chi connectivity index (χ2v) is 3.15. The minimum atomic E-state index is 0.921. The van der Waals surface area contributed by atoms with Crippen molar-refractivity contribution < 1.29 is 0 Å². The maximum Gasteiger partial charge on any atom is 0.0845 e. The summed E-state index contributed by atoms with van der Waals surface area (Å²) >= 11 is 0. The van der Waals surface area contributed by atoms with Crippen molar-refractivity contribution in [2.24, 2.45) is 4.99 Å². The van der Waals surface area contributed by atoms with Crippen molar-refractivity contribution >= 4 is 11.9 Å². The van der Waals surface area contributed by atoms with E-state index in [9.17, 15) is 0 Å². The summed E-state index contributed by atoms with van der Waals surface area (Å²) in [4.78, 5) is 4.10. The molecule has 80 valence electrons. The molecule has 0 amide bonds. The summed E-state index contributed by atoms with van der Waals surface area (Å²) in [5.41, 5.74) is 2.20. The number of nitrogens with zero attached hydrogens (tertiary/aromatic N) is 4. The van der Waals surface area contributed by atoms with Gasteiger partial charge in [-0.15, -0.1) is 5.10 Å². The Labute approximate surface area is 90.0 Å². The van der Waals surface area contributed by atoms with Gasteiger partial charge in [0, 0.05) is 6.21 Å². The van der Waals surface area contributed by atoms with Crippen LogP contribution in [0.25, 0.3) is 5.70 Å². The van der Waals surface area contributed by atoms with E-state index in [0.29, 0.717) is 0 Å². The summed E-state index contributed by atoms with van der Waals surface area (Å²) in [5.74, 6) is 0. The molecule has 0 N–H and O–H groups in total. The first-order valence-electron chi connectivity index (χ1n) is 4.99. The van der Waals surface area contributed by atoms with E-state index in [2.05, 4.69) is 35.2 Å². The van der Waals surface area contributed by atoms with Crippen molar-refractivity contribution in [2.45, 2.75) is 27.2 Å². The van der Waals surface area contributed by atoms with Gasteiger partial charge >= 0.3 is 0 Å². The number of aliphatic imine (C=N–C) groups is 1. The maximum absolute atomic E-state index is 4.10.